The zero-order chi connectivity index (χ0) is 23.5. The molecule has 0 aromatic rings. The van der Waals surface area contributed by atoms with E-state index >= 15 is 0 Å². The maximum absolute atomic E-state index is 10.9. The Kier molecular flexibility index (Phi) is 4.87. The molecular weight excluding hydrogens is 392 g/mol. The summed E-state index contributed by atoms with van der Waals surface area (Å²) in [5.41, 5.74) is 2.98. The third-order valence-corrected chi connectivity index (χ3v) is 13.2. The second kappa shape index (κ2) is 6.66. The molecule has 0 amide bonds. The van der Waals surface area contributed by atoms with E-state index in [1.165, 1.54) is 38.5 Å². The first-order valence-corrected chi connectivity index (χ1v) is 13.7. The summed E-state index contributed by atoms with van der Waals surface area (Å²) >= 11 is 0. The van der Waals surface area contributed by atoms with Gasteiger partial charge in [-0.1, -0.05) is 67.0 Å². The molecular formula is C30H50O2. The molecule has 9 atom stereocenters. The predicted molar refractivity (Wildman–Crippen MR) is 132 cm³/mol. The van der Waals surface area contributed by atoms with Crippen molar-refractivity contribution in [2.24, 2.45) is 50.2 Å². The number of allylic oxidation sites excluding steroid dienone is 2. The zero-order valence-electron chi connectivity index (χ0n) is 22.2. The van der Waals surface area contributed by atoms with Crippen LogP contribution in [0.2, 0.25) is 0 Å². The molecule has 0 radical (unpaired) electrons. The van der Waals surface area contributed by atoms with Crippen molar-refractivity contribution in [3.05, 3.63) is 11.6 Å². The lowest BCUT2D eigenvalue weighted by Gasteiger charge is -2.71. The van der Waals surface area contributed by atoms with E-state index in [9.17, 15) is 10.2 Å². The van der Waals surface area contributed by atoms with Crippen LogP contribution in [0, 0.1) is 50.2 Å². The van der Waals surface area contributed by atoms with E-state index in [1.54, 1.807) is 5.57 Å². The fourth-order valence-corrected chi connectivity index (χ4v) is 10.6. The molecule has 0 aromatic heterocycles. The molecule has 0 bridgehead atoms. The summed E-state index contributed by atoms with van der Waals surface area (Å²) in [6, 6.07) is 0. The van der Waals surface area contributed by atoms with Crippen LogP contribution in [0.4, 0.5) is 0 Å². The van der Waals surface area contributed by atoms with Gasteiger partial charge in [-0.3, -0.25) is 0 Å². The molecule has 0 saturated heterocycles. The van der Waals surface area contributed by atoms with Gasteiger partial charge >= 0.3 is 0 Å². The van der Waals surface area contributed by atoms with Crippen molar-refractivity contribution in [3.8, 4) is 0 Å². The summed E-state index contributed by atoms with van der Waals surface area (Å²) in [5, 5.41) is 21.8. The minimum absolute atomic E-state index is 0.00813. The van der Waals surface area contributed by atoms with Crippen LogP contribution in [-0.4, -0.2) is 22.4 Å². The first kappa shape index (κ1) is 23.4. The van der Waals surface area contributed by atoms with Gasteiger partial charge < -0.3 is 10.2 Å². The lowest BCUT2D eigenvalue weighted by atomic mass is 9.33. The van der Waals surface area contributed by atoms with Crippen LogP contribution >= 0.6 is 0 Å². The smallest absolute Gasteiger partial charge is 0.0596 e. The van der Waals surface area contributed by atoms with Gasteiger partial charge in [-0.2, -0.15) is 0 Å². The van der Waals surface area contributed by atoms with Crippen LogP contribution in [0.15, 0.2) is 11.6 Å². The highest BCUT2D eigenvalue weighted by atomic mass is 16.3. The Morgan fingerprint density at radius 3 is 2.12 bits per heavy atom. The van der Waals surface area contributed by atoms with Crippen LogP contribution in [-0.2, 0) is 0 Å². The van der Waals surface area contributed by atoms with Gasteiger partial charge in [-0.25, -0.2) is 0 Å². The summed E-state index contributed by atoms with van der Waals surface area (Å²) in [7, 11) is 0. The van der Waals surface area contributed by atoms with Gasteiger partial charge in [0.05, 0.1) is 12.2 Å². The molecule has 182 valence electrons. The van der Waals surface area contributed by atoms with Crippen molar-refractivity contribution in [2.45, 2.75) is 125 Å². The van der Waals surface area contributed by atoms with Crippen LogP contribution in [0.25, 0.3) is 0 Å². The highest BCUT2D eigenvalue weighted by Crippen LogP contribution is 2.75. The normalized spacial score (nSPS) is 56.2. The van der Waals surface area contributed by atoms with E-state index in [0.717, 1.165) is 19.3 Å². The van der Waals surface area contributed by atoms with E-state index in [2.05, 4.69) is 61.5 Å². The lowest BCUT2D eigenvalue weighted by Crippen LogP contribution is -2.64. The number of rotatable bonds is 0. The molecule has 4 saturated carbocycles. The Labute approximate surface area is 197 Å². The third kappa shape index (κ3) is 2.72. The van der Waals surface area contributed by atoms with Gasteiger partial charge in [0.25, 0.3) is 0 Å². The monoisotopic (exact) mass is 442 g/mol. The van der Waals surface area contributed by atoms with Gasteiger partial charge in [-0.05, 0) is 108 Å². The van der Waals surface area contributed by atoms with E-state index in [0.29, 0.717) is 28.6 Å². The maximum atomic E-state index is 10.9. The first-order valence-electron chi connectivity index (χ1n) is 13.7. The standard InChI is InChI=1S/C30H50O2/c1-25(2)17-20-19-9-10-22-28(6)13-12-23(31)26(3,4)21(28)11-14-30(22,8)29(19,7)16-15-27(20,5)18-24(25)32/h9,20-24,31-32H,10-18H2,1-8H3/t20-,21-,22+,23+,24-,27-,28-,29+,30+/m0/s1. The van der Waals surface area contributed by atoms with Gasteiger partial charge in [-0.15, -0.1) is 0 Å². The van der Waals surface area contributed by atoms with Crippen molar-refractivity contribution in [3.63, 3.8) is 0 Å². The molecule has 0 spiro atoms. The molecule has 0 aromatic carbocycles. The van der Waals surface area contributed by atoms with E-state index in [-0.39, 0.29) is 33.9 Å². The molecule has 0 unspecified atom stereocenters. The molecule has 5 rings (SSSR count). The average molecular weight is 443 g/mol. The van der Waals surface area contributed by atoms with Crippen LogP contribution in [0.5, 0.6) is 0 Å². The quantitative estimate of drug-likeness (QED) is 0.391. The second-order valence-corrected chi connectivity index (χ2v) is 15.3. The molecule has 0 aliphatic heterocycles. The van der Waals surface area contributed by atoms with Crippen molar-refractivity contribution in [1.29, 1.82) is 0 Å². The summed E-state index contributed by atoms with van der Waals surface area (Å²) in [6.45, 7) is 19.6. The average Bonchev–Trinajstić information content (AvgIpc) is 2.68. The highest BCUT2D eigenvalue weighted by molar-refractivity contribution is 5.33. The molecule has 2 heteroatoms. The zero-order valence-corrected chi connectivity index (χ0v) is 22.2. The van der Waals surface area contributed by atoms with E-state index in [1.807, 2.05) is 0 Å². The van der Waals surface area contributed by atoms with Crippen molar-refractivity contribution >= 4 is 0 Å². The van der Waals surface area contributed by atoms with Crippen molar-refractivity contribution in [1.82, 2.24) is 0 Å². The van der Waals surface area contributed by atoms with Crippen LogP contribution in [0.1, 0.15) is 113 Å². The Morgan fingerprint density at radius 2 is 1.44 bits per heavy atom. The first-order chi connectivity index (χ1) is 14.6. The number of aliphatic hydroxyl groups excluding tert-OH is 2. The molecule has 4 fully saturated rings. The minimum atomic E-state index is -0.175. The van der Waals surface area contributed by atoms with Gasteiger partial charge in [0.15, 0.2) is 0 Å². The molecule has 5 aliphatic rings. The predicted octanol–water partition coefficient (Wildman–Crippen LogP) is 7.14. The number of aliphatic hydroxyl groups is 2. The summed E-state index contributed by atoms with van der Waals surface area (Å²) in [6.07, 6.45) is 13.0. The summed E-state index contributed by atoms with van der Waals surface area (Å²) in [5.74, 6) is 1.95. The topological polar surface area (TPSA) is 40.5 Å². The Hall–Kier alpha value is -0.340. The van der Waals surface area contributed by atoms with Gasteiger partial charge in [0, 0.05) is 0 Å². The molecule has 2 nitrogen and oxygen atoms in total. The number of fused-ring (bicyclic) bond motifs is 7. The fraction of sp³-hybridized carbons (Fsp3) is 0.933. The number of hydrogen-bond acceptors (Lipinski definition) is 2. The minimum Gasteiger partial charge on any atom is -0.393 e. The fourth-order valence-electron chi connectivity index (χ4n) is 10.6. The third-order valence-electron chi connectivity index (χ3n) is 13.2. The van der Waals surface area contributed by atoms with Crippen molar-refractivity contribution < 1.29 is 10.2 Å². The Bertz CT molecular complexity index is 825. The Balaban J connectivity index is 1.57. The SMILES string of the molecule is CC1(C)C[C@H]2C3=CC[C@@H]4[C@@]5(C)CC[C@@H](O)C(C)(C)[C@@H]5CC[C@@]4(C)[C@]3(C)CC[C@@]2(C)C[C@@H]1O. The highest BCUT2D eigenvalue weighted by Gasteiger charge is 2.68. The second-order valence-electron chi connectivity index (χ2n) is 15.3. The molecule has 32 heavy (non-hydrogen) atoms. The molecule has 0 heterocycles. The lowest BCUT2D eigenvalue weighted by molar-refractivity contribution is -0.205. The van der Waals surface area contributed by atoms with Gasteiger partial charge in [0.2, 0.25) is 0 Å². The van der Waals surface area contributed by atoms with Crippen LogP contribution in [0.3, 0.4) is 0 Å². The van der Waals surface area contributed by atoms with Crippen LogP contribution < -0.4 is 0 Å². The van der Waals surface area contributed by atoms with Gasteiger partial charge in [0.1, 0.15) is 0 Å². The maximum Gasteiger partial charge on any atom is 0.0596 e. The molecule has 5 aliphatic carbocycles. The van der Waals surface area contributed by atoms with Crippen molar-refractivity contribution in [2.75, 3.05) is 0 Å². The van der Waals surface area contributed by atoms with E-state index in [4.69, 9.17) is 0 Å². The summed E-state index contributed by atoms with van der Waals surface area (Å²) < 4.78 is 0. The summed E-state index contributed by atoms with van der Waals surface area (Å²) in [4.78, 5) is 0. The number of hydrogen-bond donors (Lipinski definition) is 2. The van der Waals surface area contributed by atoms with E-state index < -0.39 is 0 Å². The largest absolute Gasteiger partial charge is 0.393 e. The molecule has 2 N–H and O–H groups in total. The Morgan fingerprint density at radius 1 is 0.750 bits per heavy atom.